The highest BCUT2D eigenvalue weighted by Gasteiger charge is 2.12. The van der Waals surface area contributed by atoms with Crippen molar-refractivity contribution in [2.75, 3.05) is 6.54 Å². The smallest absolute Gasteiger partial charge is 0.0891 e. The number of nitrogens with zero attached hydrogens (tertiary/aromatic N) is 2. The van der Waals surface area contributed by atoms with Crippen LogP contribution in [-0.4, -0.2) is 16.3 Å². The molecule has 0 aliphatic carbocycles. The molecule has 0 aliphatic heterocycles. The summed E-state index contributed by atoms with van der Waals surface area (Å²) in [5, 5.41) is 4.80. The van der Waals surface area contributed by atoms with Gasteiger partial charge in [0.2, 0.25) is 0 Å². The Bertz CT molecular complexity index is 484. The summed E-state index contributed by atoms with van der Waals surface area (Å²) in [4.78, 5) is 0. The van der Waals surface area contributed by atoms with E-state index in [4.69, 9.17) is 17.3 Å². The molecule has 2 aromatic rings. The molecule has 2 rings (SSSR count). The van der Waals surface area contributed by atoms with Crippen LogP contribution in [0.1, 0.15) is 11.6 Å². The Kier molecular flexibility index (Phi) is 3.63. The highest BCUT2D eigenvalue weighted by molar-refractivity contribution is 9.10. The van der Waals surface area contributed by atoms with Gasteiger partial charge in [0.1, 0.15) is 0 Å². The van der Waals surface area contributed by atoms with Crippen LogP contribution in [0, 0.1) is 0 Å². The normalized spacial score (nSPS) is 12.7. The minimum absolute atomic E-state index is 0.0185. The Hall–Kier alpha value is -0.840. The Morgan fingerprint density at radius 2 is 2.31 bits per heavy atom. The molecule has 84 valence electrons. The fraction of sp³-hybridized carbons (Fsp3) is 0.182. The first-order chi connectivity index (χ1) is 7.70. The second-order valence-electron chi connectivity index (χ2n) is 3.45. The fourth-order valence-corrected chi connectivity index (χ4v) is 2.16. The van der Waals surface area contributed by atoms with Gasteiger partial charge in [0.25, 0.3) is 0 Å². The van der Waals surface area contributed by atoms with Gasteiger partial charge in [-0.3, -0.25) is 4.68 Å². The molecule has 1 aromatic carbocycles. The number of benzene rings is 1. The van der Waals surface area contributed by atoms with Crippen molar-refractivity contribution in [3.05, 3.63) is 51.7 Å². The molecular formula is C11H11BrClN3. The highest BCUT2D eigenvalue weighted by Crippen LogP contribution is 2.21. The van der Waals surface area contributed by atoms with Crippen molar-refractivity contribution in [2.45, 2.75) is 6.04 Å². The molecule has 16 heavy (non-hydrogen) atoms. The first-order valence-electron chi connectivity index (χ1n) is 4.86. The summed E-state index contributed by atoms with van der Waals surface area (Å²) >= 11 is 9.29. The monoisotopic (exact) mass is 299 g/mol. The highest BCUT2D eigenvalue weighted by atomic mass is 79.9. The van der Waals surface area contributed by atoms with E-state index in [9.17, 15) is 0 Å². The quantitative estimate of drug-likeness (QED) is 0.947. The summed E-state index contributed by atoms with van der Waals surface area (Å²) in [5.74, 6) is 0. The molecule has 0 radical (unpaired) electrons. The molecule has 1 heterocycles. The lowest BCUT2D eigenvalue weighted by molar-refractivity contribution is 0.532. The van der Waals surface area contributed by atoms with Crippen molar-refractivity contribution in [3.63, 3.8) is 0 Å². The first-order valence-corrected chi connectivity index (χ1v) is 6.03. The lowest BCUT2D eigenvalue weighted by Crippen LogP contribution is -2.20. The molecule has 5 heteroatoms. The molecule has 0 spiro atoms. The van der Waals surface area contributed by atoms with E-state index < -0.39 is 0 Å². The molecule has 1 aromatic heterocycles. The molecule has 0 bridgehead atoms. The zero-order valence-corrected chi connectivity index (χ0v) is 10.8. The molecule has 0 amide bonds. The third kappa shape index (κ3) is 2.45. The van der Waals surface area contributed by atoms with Crippen LogP contribution in [0.25, 0.3) is 0 Å². The van der Waals surface area contributed by atoms with Gasteiger partial charge in [0, 0.05) is 17.2 Å². The van der Waals surface area contributed by atoms with Gasteiger partial charge in [-0.25, -0.2) is 0 Å². The van der Waals surface area contributed by atoms with Crippen LogP contribution in [-0.2, 0) is 0 Å². The van der Waals surface area contributed by atoms with E-state index in [1.807, 2.05) is 24.3 Å². The molecule has 3 nitrogen and oxygen atoms in total. The van der Waals surface area contributed by atoms with E-state index >= 15 is 0 Å². The van der Waals surface area contributed by atoms with Crippen LogP contribution in [0.4, 0.5) is 0 Å². The van der Waals surface area contributed by atoms with Gasteiger partial charge in [-0.2, -0.15) is 5.10 Å². The van der Waals surface area contributed by atoms with E-state index in [0.29, 0.717) is 11.6 Å². The maximum absolute atomic E-state index is 5.85. The maximum atomic E-state index is 5.85. The molecule has 0 saturated carbocycles. The number of halogens is 2. The van der Waals surface area contributed by atoms with Crippen molar-refractivity contribution in [2.24, 2.45) is 5.73 Å². The van der Waals surface area contributed by atoms with Crippen LogP contribution < -0.4 is 5.73 Å². The number of hydrogen-bond acceptors (Lipinski definition) is 2. The van der Waals surface area contributed by atoms with Gasteiger partial charge in [0.05, 0.1) is 17.3 Å². The summed E-state index contributed by atoms with van der Waals surface area (Å²) in [5.41, 5.74) is 6.88. The molecule has 2 N–H and O–H groups in total. The maximum Gasteiger partial charge on any atom is 0.0891 e. The molecule has 0 fully saturated rings. The van der Waals surface area contributed by atoms with E-state index in [-0.39, 0.29) is 6.04 Å². The van der Waals surface area contributed by atoms with Crippen molar-refractivity contribution in [1.29, 1.82) is 0 Å². The zero-order chi connectivity index (χ0) is 11.5. The molecular weight excluding hydrogens is 289 g/mol. The Balaban J connectivity index is 2.36. The molecule has 0 saturated heterocycles. The van der Waals surface area contributed by atoms with Crippen molar-refractivity contribution < 1.29 is 0 Å². The van der Waals surface area contributed by atoms with Gasteiger partial charge in [-0.1, -0.05) is 39.7 Å². The van der Waals surface area contributed by atoms with E-state index in [1.165, 1.54) is 0 Å². The van der Waals surface area contributed by atoms with Crippen molar-refractivity contribution >= 4 is 27.5 Å². The Morgan fingerprint density at radius 3 is 2.88 bits per heavy atom. The minimum atomic E-state index is 0.0185. The molecule has 1 unspecified atom stereocenters. The molecule has 0 aliphatic rings. The first kappa shape index (κ1) is 11.6. The standard InChI is InChI=1S/C11H11BrClN3/c12-9-3-1-2-8(4-9)11(5-14)16-7-10(13)6-15-16/h1-4,6-7,11H,5,14H2. The number of rotatable bonds is 3. The summed E-state index contributed by atoms with van der Waals surface area (Å²) < 4.78 is 2.81. The Morgan fingerprint density at radius 1 is 1.50 bits per heavy atom. The number of nitrogens with two attached hydrogens (primary N) is 1. The van der Waals surface area contributed by atoms with Crippen LogP contribution in [0.3, 0.4) is 0 Å². The number of hydrogen-bond donors (Lipinski definition) is 1. The predicted octanol–water partition coefficient (Wildman–Crippen LogP) is 2.85. The van der Waals surface area contributed by atoms with E-state index in [2.05, 4.69) is 21.0 Å². The zero-order valence-electron chi connectivity index (χ0n) is 8.48. The topological polar surface area (TPSA) is 43.8 Å². The van der Waals surface area contributed by atoms with Crippen LogP contribution in [0.2, 0.25) is 5.02 Å². The lowest BCUT2D eigenvalue weighted by Gasteiger charge is -2.16. The fourth-order valence-electron chi connectivity index (χ4n) is 1.60. The average Bonchev–Trinajstić information content (AvgIpc) is 2.66. The average molecular weight is 301 g/mol. The van der Waals surface area contributed by atoms with Crippen LogP contribution in [0.15, 0.2) is 41.1 Å². The summed E-state index contributed by atoms with van der Waals surface area (Å²) in [6.07, 6.45) is 3.39. The van der Waals surface area contributed by atoms with Crippen LogP contribution in [0.5, 0.6) is 0 Å². The lowest BCUT2D eigenvalue weighted by atomic mass is 10.1. The largest absolute Gasteiger partial charge is 0.328 e. The van der Waals surface area contributed by atoms with Crippen LogP contribution >= 0.6 is 27.5 Å². The van der Waals surface area contributed by atoms with Crippen molar-refractivity contribution in [3.8, 4) is 0 Å². The van der Waals surface area contributed by atoms with Gasteiger partial charge in [-0.05, 0) is 17.7 Å². The van der Waals surface area contributed by atoms with E-state index in [1.54, 1.807) is 17.1 Å². The second-order valence-corrected chi connectivity index (χ2v) is 4.80. The summed E-state index contributed by atoms with van der Waals surface area (Å²) in [7, 11) is 0. The van der Waals surface area contributed by atoms with Crippen molar-refractivity contribution in [1.82, 2.24) is 9.78 Å². The Labute approximate surface area is 107 Å². The van der Waals surface area contributed by atoms with Gasteiger partial charge in [0.15, 0.2) is 0 Å². The van der Waals surface area contributed by atoms with E-state index in [0.717, 1.165) is 10.0 Å². The third-order valence-electron chi connectivity index (χ3n) is 2.35. The number of aromatic nitrogens is 2. The van der Waals surface area contributed by atoms with Gasteiger partial charge < -0.3 is 5.73 Å². The second kappa shape index (κ2) is 4.99. The van der Waals surface area contributed by atoms with Gasteiger partial charge in [-0.15, -0.1) is 0 Å². The SMILES string of the molecule is NCC(c1cccc(Br)c1)n1cc(Cl)cn1. The molecule has 1 atom stereocenters. The van der Waals surface area contributed by atoms with Gasteiger partial charge >= 0.3 is 0 Å². The summed E-state index contributed by atoms with van der Waals surface area (Å²) in [6, 6.07) is 8.04. The minimum Gasteiger partial charge on any atom is -0.328 e. The predicted molar refractivity (Wildman–Crippen MR) is 68.6 cm³/mol. The summed E-state index contributed by atoms with van der Waals surface area (Å²) in [6.45, 7) is 0.481. The third-order valence-corrected chi connectivity index (χ3v) is 3.03.